The molecule has 0 aliphatic rings. The number of thiazole rings is 1. The second-order valence-electron chi connectivity index (χ2n) is 3.76. The van der Waals surface area contributed by atoms with Gasteiger partial charge in [-0.05, 0) is 0 Å². The van der Waals surface area contributed by atoms with E-state index < -0.39 is 0 Å². The molecule has 5 heteroatoms. The van der Waals surface area contributed by atoms with Crippen molar-refractivity contribution in [1.29, 1.82) is 0 Å². The van der Waals surface area contributed by atoms with Crippen LogP contribution in [-0.2, 0) is 6.54 Å². The van der Waals surface area contributed by atoms with Gasteiger partial charge in [0.25, 0.3) is 0 Å². The molecule has 1 N–H and O–H groups in total. The van der Waals surface area contributed by atoms with Gasteiger partial charge < -0.3 is 5.32 Å². The third-order valence-corrected chi connectivity index (χ3v) is 3.04. The third-order valence-electron chi connectivity index (χ3n) is 2.02. The van der Waals surface area contributed by atoms with Crippen molar-refractivity contribution < 1.29 is 0 Å². The van der Waals surface area contributed by atoms with E-state index >= 15 is 0 Å². The molecule has 0 fully saturated rings. The monoisotopic (exact) mass is 234 g/mol. The van der Waals surface area contributed by atoms with Gasteiger partial charge in [0.1, 0.15) is 10.7 Å². The van der Waals surface area contributed by atoms with Crippen molar-refractivity contribution in [2.75, 3.05) is 0 Å². The average molecular weight is 234 g/mol. The van der Waals surface area contributed by atoms with E-state index in [-0.39, 0.29) is 0 Å². The normalized spacial score (nSPS) is 10.9. The van der Waals surface area contributed by atoms with Crippen LogP contribution in [0.5, 0.6) is 0 Å². The highest BCUT2D eigenvalue weighted by Crippen LogP contribution is 2.22. The summed E-state index contributed by atoms with van der Waals surface area (Å²) in [7, 11) is 0. The van der Waals surface area contributed by atoms with Crippen LogP contribution in [0, 0.1) is 0 Å². The first-order valence-electron chi connectivity index (χ1n) is 5.20. The van der Waals surface area contributed by atoms with Crippen molar-refractivity contribution in [3.05, 3.63) is 29.7 Å². The van der Waals surface area contributed by atoms with Crippen molar-refractivity contribution >= 4 is 11.3 Å². The molecule has 0 aromatic carbocycles. The number of hydrogen-bond acceptors (Lipinski definition) is 5. The molecular formula is C11H14N4S. The summed E-state index contributed by atoms with van der Waals surface area (Å²) in [6, 6.07) is 0.488. The highest BCUT2D eigenvalue weighted by Gasteiger charge is 2.05. The Balaban J connectivity index is 2.08. The minimum atomic E-state index is 0.488. The molecule has 0 aliphatic carbocycles. The average Bonchev–Trinajstić information content (AvgIpc) is 2.76. The molecule has 0 saturated carbocycles. The quantitative estimate of drug-likeness (QED) is 0.880. The summed E-state index contributed by atoms with van der Waals surface area (Å²) in [5.41, 5.74) is 0.836. The highest BCUT2D eigenvalue weighted by atomic mass is 32.1. The Bertz CT molecular complexity index is 438. The molecule has 0 bridgehead atoms. The van der Waals surface area contributed by atoms with Crippen LogP contribution in [0.1, 0.15) is 18.7 Å². The highest BCUT2D eigenvalue weighted by molar-refractivity contribution is 7.14. The van der Waals surface area contributed by atoms with Gasteiger partial charge in [0.05, 0.1) is 6.20 Å². The van der Waals surface area contributed by atoms with Crippen LogP contribution >= 0.6 is 11.3 Å². The summed E-state index contributed by atoms with van der Waals surface area (Å²) in [4.78, 5) is 13.8. The summed E-state index contributed by atoms with van der Waals surface area (Å²) < 4.78 is 0. The van der Waals surface area contributed by atoms with Crippen molar-refractivity contribution in [3.63, 3.8) is 0 Å². The van der Waals surface area contributed by atoms with Crippen molar-refractivity contribution in [1.82, 2.24) is 20.3 Å². The third kappa shape index (κ3) is 2.84. The van der Waals surface area contributed by atoms with Gasteiger partial charge in [-0.1, -0.05) is 13.8 Å². The zero-order chi connectivity index (χ0) is 11.4. The molecule has 2 aromatic heterocycles. The van der Waals surface area contributed by atoms with Crippen molar-refractivity contribution in [2.45, 2.75) is 26.4 Å². The Morgan fingerprint density at radius 2 is 2.12 bits per heavy atom. The van der Waals surface area contributed by atoms with Gasteiger partial charge in [0.15, 0.2) is 0 Å². The fourth-order valence-corrected chi connectivity index (χ4v) is 2.05. The van der Waals surface area contributed by atoms with Crippen LogP contribution < -0.4 is 5.32 Å². The Hall–Kier alpha value is -1.33. The zero-order valence-corrected chi connectivity index (χ0v) is 10.2. The molecule has 0 saturated heterocycles. The lowest BCUT2D eigenvalue weighted by Gasteiger charge is -2.04. The van der Waals surface area contributed by atoms with Gasteiger partial charge in [0.2, 0.25) is 0 Å². The summed E-state index contributed by atoms with van der Waals surface area (Å²) >= 11 is 1.65. The predicted molar refractivity (Wildman–Crippen MR) is 65.1 cm³/mol. The van der Waals surface area contributed by atoms with Crippen LogP contribution in [0.4, 0.5) is 0 Å². The second-order valence-corrected chi connectivity index (χ2v) is 4.87. The molecule has 0 atom stereocenters. The van der Waals surface area contributed by atoms with Gasteiger partial charge in [-0.25, -0.2) is 4.98 Å². The molecule has 0 aliphatic heterocycles. The summed E-state index contributed by atoms with van der Waals surface area (Å²) in [5.74, 6) is 0. The molecule has 84 valence electrons. The van der Waals surface area contributed by atoms with Gasteiger partial charge in [-0.15, -0.1) is 11.3 Å². The Labute approximate surface area is 98.8 Å². The zero-order valence-electron chi connectivity index (χ0n) is 9.34. The lowest BCUT2D eigenvalue weighted by atomic mass is 10.4. The largest absolute Gasteiger partial charge is 0.310 e. The number of rotatable bonds is 4. The first-order valence-corrected chi connectivity index (χ1v) is 6.02. The van der Waals surface area contributed by atoms with E-state index in [0.29, 0.717) is 6.04 Å². The lowest BCUT2D eigenvalue weighted by molar-refractivity contribution is 0.593. The minimum Gasteiger partial charge on any atom is -0.310 e. The molecule has 2 heterocycles. The van der Waals surface area contributed by atoms with Crippen LogP contribution in [0.2, 0.25) is 0 Å². The standard InChI is InChI=1S/C11H14N4S/c1-8(2)14-5-9-6-15-11(16-9)10-7-12-3-4-13-10/h3-4,6-8,14H,5H2,1-2H3. The van der Waals surface area contributed by atoms with Crippen molar-refractivity contribution in [2.24, 2.45) is 0 Å². The Morgan fingerprint density at radius 1 is 1.25 bits per heavy atom. The van der Waals surface area contributed by atoms with E-state index in [9.17, 15) is 0 Å². The molecule has 2 aromatic rings. The van der Waals surface area contributed by atoms with Crippen LogP contribution in [0.3, 0.4) is 0 Å². The lowest BCUT2D eigenvalue weighted by Crippen LogP contribution is -2.21. The van der Waals surface area contributed by atoms with Gasteiger partial charge in [0, 0.05) is 36.1 Å². The van der Waals surface area contributed by atoms with E-state index in [1.54, 1.807) is 29.9 Å². The van der Waals surface area contributed by atoms with E-state index in [2.05, 4.69) is 34.1 Å². The SMILES string of the molecule is CC(C)NCc1cnc(-c2cnccn2)s1. The summed E-state index contributed by atoms with van der Waals surface area (Å²) in [6.45, 7) is 5.12. The van der Waals surface area contributed by atoms with E-state index in [1.165, 1.54) is 4.88 Å². The van der Waals surface area contributed by atoms with Crippen molar-refractivity contribution in [3.8, 4) is 10.7 Å². The molecule has 0 radical (unpaired) electrons. The smallest absolute Gasteiger partial charge is 0.143 e. The van der Waals surface area contributed by atoms with E-state index in [0.717, 1.165) is 17.2 Å². The number of nitrogens with one attached hydrogen (secondary N) is 1. The first-order chi connectivity index (χ1) is 7.75. The van der Waals surface area contributed by atoms with E-state index in [1.807, 2.05) is 6.20 Å². The molecular weight excluding hydrogens is 220 g/mol. The number of hydrogen-bond donors (Lipinski definition) is 1. The van der Waals surface area contributed by atoms with Crippen LogP contribution in [0.25, 0.3) is 10.7 Å². The topological polar surface area (TPSA) is 50.7 Å². The molecule has 0 unspecified atom stereocenters. The fraction of sp³-hybridized carbons (Fsp3) is 0.364. The Morgan fingerprint density at radius 3 is 2.81 bits per heavy atom. The maximum atomic E-state index is 4.34. The maximum Gasteiger partial charge on any atom is 0.143 e. The molecule has 2 rings (SSSR count). The molecule has 16 heavy (non-hydrogen) atoms. The predicted octanol–water partition coefficient (Wildman–Crippen LogP) is 2.10. The molecule has 0 amide bonds. The van der Waals surface area contributed by atoms with E-state index in [4.69, 9.17) is 0 Å². The Kier molecular flexibility index (Phi) is 3.58. The van der Waals surface area contributed by atoms with Crippen LogP contribution in [-0.4, -0.2) is 21.0 Å². The van der Waals surface area contributed by atoms with Gasteiger partial charge >= 0.3 is 0 Å². The summed E-state index contributed by atoms with van der Waals surface area (Å²) in [6.07, 6.45) is 6.98. The van der Waals surface area contributed by atoms with Gasteiger partial charge in [-0.2, -0.15) is 0 Å². The minimum absolute atomic E-state index is 0.488. The molecule has 0 spiro atoms. The maximum absolute atomic E-state index is 4.34. The number of nitrogens with zero attached hydrogens (tertiary/aromatic N) is 3. The molecule has 4 nitrogen and oxygen atoms in total. The van der Waals surface area contributed by atoms with Gasteiger partial charge in [-0.3, -0.25) is 9.97 Å². The van der Waals surface area contributed by atoms with Crippen LogP contribution in [0.15, 0.2) is 24.8 Å². The number of aromatic nitrogens is 3. The fourth-order valence-electron chi connectivity index (χ4n) is 1.22. The first kappa shape index (κ1) is 11.2. The summed E-state index contributed by atoms with van der Waals surface area (Å²) in [5, 5.41) is 4.29. The second kappa shape index (κ2) is 5.14.